The fourth-order valence-electron chi connectivity index (χ4n) is 1.60. The summed E-state index contributed by atoms with van der Waals surface area (Å²) in [4.78, 5) is 5.48. The molecule has 0 bridgehead atoms. The topological polar surface area (TPSA) is 22.1 Å². The van der Waals surface area contributed by atoms with Crippen molar-refractivity contribution in [1.29, 1.82) is 0 Å². The van der Waals surface area contributed by atoms with Gasteiger partial charge in [0, 0.05) is 16.8 Å². The zero-order valence-corrected chi connectivity index (χ0v) is 12.3. The van der Waals surface area contributed by atoms with Crippen LogP contribution in [-0.2, 0) is 12.4 Å². The Hall–Kier alpha value is -1.000. The van der Waals surface area contributed by atoms with E-state index in [1.165, 1.54) is 10.4 Å². The quantitative estimate of drug-likeness (QED) is 0.825. The van der Waals surface area contributed by atoms with Crippen LogP contribution in [0.5, 0.6) is 5.75 Å². The van der Waals surface area contributed by atoms with Gasteiger partial charge in [-0.15, -0.1) is 11.3 Å². The highest BCUT2D eigenvalue weighted by Gasteiger charge is 2.04. The first-order valence-corrected chi connectivity index (χ1v) is 7.41. The third kappa shape index (κ3) is 3.50. The Morgan fingerprint density at radius 2 is 2.22 bits per heavy atom. The molecule has 1 aromatic heterocycles. The highest BCUT2D eigenvalue weighted by atomic mass is 32.1. The van der Waals surface area contributed by atoms with E-state index in [1.807, 2.05) is 18.3 Å². The normalized spacial score (nSPS) is 10.9. The molecule has 1 heterocycles. The van der Waals surface area contributed by atoms with Gasteiger partial charge in [-0.2, -0.15) is 12.6 Å². The summed E-state index contributed by atoms with van der Waals surface area (Å²) in [6, 6.07) is 8.24. The first-order valence-electron chi connectivity index (χ1n) is 5.96. The average Bonchev–Trinajstić information content (AvgIpc) is 2.84. The van der Waals surface area contributed by atoms with Crippen LogP contribution in [0.2, 0.25) is 0 Å². The molecule has 0 saturated heterocycles. The molecule has 0 radical (unpaired) electrons. The molecule has 0 unspecified atom stereocenters. The third-order valence-corrected chi connectivity index (χ3v) is 4.17. The molecule has 2 rings (SSSR count). The molecular formula is C14H17NOS2. The van der Waals surface area contributed by atoms with Gasteiger partial charge >= 0.3 is 0 Å². The number of rotatable bonds is 5. The standard InChI is InChI=1S/C14H17NOS2/c1-10(2)11-4-3-5-12(6-11)16-8-14-15-7-13(9-17)18-14/h3-7,10,17H,8-9H2,1-2H3. The number of nitrogens with zero attached hydrogens (tertiary/aromatic N) is 1. The van der Waals surface area contributed by atoms with E-state index in [4.69, 9.17) is 4.74 Å². The molecule has 2 nitrogen and oxygen atoms in total. The maximum absolute atomic E-state index is 5.76. The molecule has 0 aliphatic rings. The number of ether oxygens (including phenoxy) is 1. The summed E-state index contributed by atoms with van der Waals surface area (Å²) in [5, 5.41) is 0.994. The summed E-state index contributed by atoms with van der Waals surface area (Å²) in [6.07, 6.45) is 1.86. The molecule has 4 heteroatoms. The van der Waals surface area contributed by atoms with Gasteiger partial charge in [-0.05, 0) is 23.6 Å². The third-order valence-electron chi connectivity index (χ3n) is 2.64. The molecule has 0 aliphatic carbocycles. The van der Waals surface area contributed by atoms with E-state index in [9.17, 15) is 0 Å². The molecule has 0 atom stereocenters. The second-order valence-electron chi connectivity index (χ2n) is 4.39. The zero-order valence-electron chi connectivity index (χ0n) is 10.6. The molecule has 2 aromatic rings. The van der Waals surface area contributed by atoms with Crippen LogP contribution in [0.15, 0.2) is 30.5 Å². The van der Waals surface area contributed by atoms with Crippen LogP contribution < -0.4 is 4.74 Å². The predicted molar refractivity (Wildman–Crippen MR) is 79.7 cm³/mol. The molecule has 0 spiro atoms. The van der Waals surface area contributed by atoms with Gasteiger partial charge in [0.25, 0.3) is 0 Å². The summed E-state index contributed by atoms with van der Waals surface area (Å²) < 4.78 is 5.76. The van der Waals surface area contributed by atoms with Gasteiger partial charge in [0.15, 0.2) is 0 Å². The van der Waals surface area contributed by atoms with Gasteiger partial charge in [0.05, 0.1) is 0 Å². The number of aromatic nitrogens is 1. The van der Waals surface area contributed by atoms with Crippen molar-refractivity contribution in [2.75, 3.05) is 0 Å². The van der Waals surface area contributed by atoms with Crippen molar-refractivity contribution in [2.24, 2.45) is 0 Å². The molecule has 0 N–H and O–H groups in total. The van der Waals surface area contributed by atoms with Crippen molar-refractivity contribution in [3.05, 3.63) is 45.9 Å². The van der Waals surface area contributed by atoms with Crippen LogP contribution >= 0.6 is 24.0 Å². The Kier molecular flexibility index (Phi) is 4.66. The fourth-order valence-corrected chi connectivity index (χ4v) is 2.57. The van der Waals surface area contributed by atoms with Crippen molar-refractivity contribution in [3.8, 4) is 5.75 Å². The highest BCUT2D eigenvalue weighted by Crippen LogP contribution is 2.22. The van der Waals surface area contributed by atoms with E-state index < -0.39 is 0 Å². The van der Waals surface area contributed by atoms with E-state index in [1.54, 1.807) is 11.3 Å². The smallest absolute Gasteiger partial charge is 0.140 e. The lowest BCUT2D eigenvalue weighted by Gasteiger charge is -2.08. The van der Waals surface area contributed by atoms with Crippen molar-refractivity contribution in [2.45, 2.75) is 32.1 Å². The monoisotopic (exact) mass is 279 g/mol. The highest BCUT2D eigenvalue weighted by molar-refractivity contribution is 7.79. The van der Waals surface area contributed by atoms with Crippen LogP contribution in [0.4, 0.5) is 0 Å². The van der Waals surface area contributed by atoms with Crippen molar-refractivity contribution in [1.82, 2.24) is 4.98 Å². The second kappa shape index (κ2) is 6.25. The van der Waals surface area contributed by atoms with E-state index in [2.05, 4.69) is 43.6 Å². The molecule has 0 saturated carbocycles. The Labute approximate surface area is 117 Å². The fraction of sp³-hybridized carbons (Fsp3) is 0.357. The molecule has 96 valence electrons. The van der Waals surface area contributed by atoms with Gasteiger partial charge in [0.2, 0.25) is 0 Å². The predicted octanol–water partition coefficient (Wildman–Crippen LogP) is 4.28. The SMILES string of the molecule is CC(C)c1cccc(OCc2ncc(CS)s2)c1. The van der Waals surface area contributed by atoms with Crippen molar-refractivity contribution in [3.63, 3.8) is 0 Å². The van der Waals surface area contributed by atoms with Crippen LogP contribution in [0, 0.1) is 0 Å². The van der Waals surface area contributed by atoms with E-state index in [0.29, 0.717) is 12.5 Å². The lowest BCUT2D eigenvalue weighted by Crippen LogP contribution is -1.95. The van der Waals surface area contributed by atoms with Gasteiger partial charge < -0.3 is 4.74 Å². The molecule has 18 heavy (non-hydrogen) atoms. The first-order chi connectivity index (χ1) is 8.69. The molecule has 0 fully saturated rings. The van der Waals surface area contributed by atoms with E-state index in [-0.39, 0.29) is 0 Å². The maximum atomic E-state index is 5.76. The first kappa shape index (κ1) is 13.4. The summed E-state index contributed by atoms with van der Waals surface area (Å²) in [5.74, 6) is 2.16. The molecule has 0 aliphatic heterocycles. The molecule has 1 aromatic carbocycles. The second-order valence-corrected chi connectivity index (χ2v) is 5.91. The van der Waals surface area contributed by atoms with Gasteiger partial charge in [0.1, 0.15) is 17.4 Å². The van der Waals surface area contributed by atoms with E-state index in [0.717, 1.165) is 16.5 Å². The number of thiol groups is 1. The lowest BCUT2D eigenvalue weighted by molar-refractivity contribution is 0.305. The van der Waals surface area contributed by atoms with Gasteiger partial charge in [-0.3, -0.25) is 0 Å². The largest absolute Gasteiger partial charge is 0.486 e. The zero-order chi connectivity index (χ0) is 13.0. The molecule has 0 amide bonds. The summed E-state index contributed by atoms with van der Waals surface area (Å²) in [5.41, 5.74) is 1.29. The van der Waals surface area contributed by atoms with Crippen molar-refractivity contribution >= 4 is 24.0 Å². The van der Waals surface area contributed by atoms with Crippen LogP contribution in [0.3, 0.4) is 0 Å². The van der Waals surface area contributed by atoms with Gasteiger partial charge in [-0.1, -0.05) is 26.0 Å². The Morgan fingerprint density at radius 3 is 2.89 bits per heavy atom. The number of thiazole rings is 1. The Balaban J connectivity index is 1.99. The maximum Gasteiger partial charge on any atom is 0.140 e. The van der Waals surface area contributed by atoms with Crippen LogP contribution in [0.1, 0.15) is 35.2 Å². The summed E-state index contributed by atoms with van der Waals surface area (Å²) in [7, 11) is 0. The number of hydrogen-bond donors (Lipinski definition) is 1. The Bertz CT molecular complexity index is 508. The minimum absolute atomic E-state index is 0.518. The number of benzene rings is 1. The van der Waals surface area contributed by atoms with E-state index >= 15 is 0 Å². The van der Waals surface area contributed by atoms with Crippen molar-refractivity contribution < 1.29 is 4.74 Å². The summed E-state index contributed by atoms with van der Waals surface area (Å²) in [6.45, 7) is 4.89. The average molecular weight is 279 g/mol. The number of hydrogen-bond acceptors (Lipinski definition) is 4. The van der Waals surface area contributed by atoms with Gasteiger partial charge in [-0.25, -0.2) is 4.98 Å². The van der Waals surface area contributed by atoms with Crippen LogP contribution in [-0.4, -0.2) is 4.98 Å². The van der Waals surface area contributed by atoms with Crippen LogP contribution in [0.25, 0.3) is 0 Å². The lowest BCUT2D eigenvalue weighted by atomic mass is 10.0. The Morgan fingerprint density at radius 1 is 1.39 bits per heavy atom. The minimum atomic E-state index is 0.518. The minimum Gasteiger partial charge on any atom is -0.486 e. The molecular weight excluding hydrogens is 262 g/mol. The summed E-state index contributed by atoms with van der Waals surface area (Å²) >= 11 is 5.88.